The zero-order chi connectivity index (χ0) is 24.2. The van der Waals surface area contributed by atoms with Crippen molar-refractivity contribution in [3.8, 4) is 11.5 Å². The topological polar surface area (TPSA) is 83.5 Å². The van der Waals surface area contributed by atoms with E-state index < -0.39 is 6.03 Å². The van der Waals surface area contributed by atoms with Gasteiger partial charge in [-0.2, -0.15) is 0 Å². The van der Waals surface area contributed by atoms with Crippen LogP contribution in [0.15, 0.2) is 95.8 Å². The lowest BCUT2D eigenvalue weighted by atomic mass is 10.1. The summed E-state index contributed by atoms with van der Waals surface area (Å²) in [6.07, 6.45) is 1.32. The summed E-state index contributed by atoms with van der Waals surface area (Å²) >= 11 is 0. The number of fused-ring (bicyclic) bond motifs is 1. The Hall–Kier alpha value is -4.59. The van der Waals surface area contributed by atoms with Crippen LogP contribution in [-0.2, 0) is 16.1 Å². The van der Waals surface area contributed by atoms with Gasteiger partial charge in [-0.1, -0.05) is 42.5 Å². The number of rotatable bonds is 6. The normalized spacial score (nSPS) is 14.9. The number of carbonyl (C=O) groups excluding carboxylic acids is 2. The van der Waals surface area contributed by atoms with Gasteiger partial charge in [-0.25, -0.2) is 4.79 Å². The lowest BCUT2D eigenvalue weighted by molar-refractivity contribution is -0.113. The van der Waals surface area contributed by atoms with Crippen molar-refractivity contribution in [1.29, 1.82) is 0 Å². The predicted octanol–water partition coefficient (Wildman–Crippen LogP) is 4.89. The fourth-order valence-corrected chi connectivity index (χ4v) is 3.85. The Labute approximate surface area is 203 Å². The third-order valence-corrected chi connectivity index (χ3v) is 5.80. The predicted molar refractivity (Wildman–Crippen MR) is 132 cm³/mol. The zero-order valence-electron chi connectivity index (χ0n) is 19.2. The van der Waals surface area contributed by atoms with Crippen molar-refractivity contribution in [3.63, 3.8) is 0 Å². The van der Waals surface area contributed by atoms with Crippen molar-refractivity contribution in [2.24, 2.45) is 4.99 Å². The van der Waals surface area contributed by atoms with Gasteiger partial charge in [-0.05, 0) is 54.4 Å². The summed E-state index contributed by atoms with van der Waals surface area (Å²) in [5.41, 5.74) is 3.05. The standard InChI is InChI=1S/C27H24N4O4/c1-19-7-5-6-8-20(19)17-30-15-16-31-24(18-34-27(31)29-26(30)33)25(32)28-21-11-13-23(14-12-21)35-22-9-3-2-4-10-22/h2-14,18H,15-17H2,1H3,(H,28,32). The first-order chi connectivity index (χ1) is 17.1. The van der Waals surface area contributed by atoms with Crippen LogP contribution in [0.1, 0.15) is 11.1 Å². The Kier molecular flexibility index (Phi) is 6.17. The van der Waals surface area contributed by atoms with E-state index in [0.29, 0.717) is 36.8 Å². The van der Waals surface area contributed by atoms with Gasteiger partial charge in [-0.3, -0.25) is 9.69 Å². The van der Waals surface area contributed by atoms with Crippen LogP contribution in [0.5, 0.6) is 11.5 Å². The number of carbonyl (C=O) groups is 2. The molecule has 2 heterocycles. The highest BCUT2D eigenvalue weighted by Gasteiger charge is 2.34. The van der Waals surface area contributed by atoms with Gasteiger partial charge < -0.3 is 19.7 Å². The maximum atomic E-state index is 13.0. The summed E-state index contributed by atoms with van der Waals surface area (Å²) in [5, 5.41) is 2.86. The highest BCUT2D eigenvalue weighted by molar-refractivity contribution is 6.08. The van der Waals surface area contributed by atoms with E-state index in [4.69, 9.17) is 9.47 Å². The number of hydrogen-bond donors (Lipinski definition) is 1. The van der Waals surface area contributed by atoms with E-state index in [9.17, 15) is 9.59 Å². The maximum absolute atomic E-state index is 13.0. The molecular formula is C27H24N4O4. The molecule has 0 bridgehead atoms. The van der Waals surface area contributed by atoms with E-state index in [1.54, 1.807) is 34.1 Å². The number of benzene rings is 3. The van der Waals surface area contributed by atoms with Gasteiger partial charge >= 0.3 is 12.1 Å². The Morgan fingerprint density at radius 1 is 0.971 bits per heavy atom. The molecule has 0 aliphatic carbocycles. The van der Waals surface area contributed by atoms with Crippen molar-refractivity contribution in [3.05, 3.63) is 102 Å². The molecule has 0 aromatic heterocycles. The number of anilines is 1. The Balaban J connectivity index is 1.22. The summed E-state index contributed by atoms with van der Waals surface area (Å²) in [7, 11) is 0. The minimum absolute atomic E-state index is 0.110. The number of ether oxygens (including phenoxy) is 2. The van der Waals surface area contributed by atoms with E-state index in [-0.39, 0.29) is 11.9 Å². The van der Waals surface area contributed by atoms with Crippen LogP contribution in [0.4, 0.5) is 10.5 Å². The molecule has 1 N–H and O–H groups in total. The number of urea groups is 1. The quantitative estimate of drug-likeness (QED) is 0.557. The molecule has 0 saturated heterocycles. The molecule has 0 saturated carbocycles. The number of aryl methyl sites for hydroxylation is 1. The molecule has 8 nitrogen and oxygen atoms in total. The second kappa shape index (κ2) is 9.72. The first-order valence-corrected chi connectivity index (χ1v) is 11.3. The van der Waals surface area contributed by atoms with E-state index in [1.807, 2.05) is 61.5 Å². The third kappa shape index (κ3) is 5.01. The lowest BCUT2D eigenvalue weighted by Crippen LogP contribution is -2.36. The summed E-state index contributed by atoms with van der Waals surface area (Å²) in [5.74, 6) is 1.04. The molecule has 3 aromatic carbocycles. The van der Waals surface area contributed by atoms with E-state index in [2.05, 4.69) is 10.3 Å². The number of hydrogen-bond acceptors (Lipinski definition) is 5. The molecule has 35 heavy (non-hydrogen) atoms. The average molecular weight is 469 g/mol. The Bertz CT molecular complexity index is 1300. The van der Waals surface area contributed by atoms with Crippen molar-refractivity contribution in [1.82, 2.24) is 9.80 Å². The van der Waals surface area contributed by atoms with Crippen LogP contribution in [-0.4, -0.2) is 40.8 Å². The molecule has 2 aliphatic heterocycles. The molecule has 0 fully saturated rings. The molecule has 2 aliphatic rings. The van der Waals surface area contributed by atoms with Gasteiger partial charge in [0.15, 0.2) is 0 Å². The number of para-hydroxylation sites is 1. The zero-order valence-corrected chi connectivity index (χ0v) is 19.2. The number of amides is 3. The number of amidine groups is 1. The third-order valence-electron chi connectivity index (χ3n) is 5.80. The number of nitrogens with one attached hydrogen (secondary N) is 1. The molecule has 0 spiro atoms. The fraction of sp³-hybridized carbons (Fsp3) is 0.148. The van der Waals surface area contributed by atoms with E-state index in [0.717, 1.165) is 16.9 Å². The van der Waals surface area contributed by atoms with Gasteiger partial charge in [0.05, 0.1) is 0 Å². The molecule has 8 heteroatoms. The van der Waals surface area contributed by atoms with Crippen LogP contribution >= 0.6 is 0 Å². The molecule has 0 atom stereocenters. The van der Waals surface area contributed by atoms with Crippen LogP contribution < -0.4 is 10.1 Å². The molecule has 176 valence electrons. The first kappa shape index (κ1) is 22.2. The Morgan fingerprint density at radius 2 is 1.69 bits per heavy atom. The molecule has 0 radical (unpaired) electrons. The van der Waals surface area contributed by atoms with Crippen molar-refractivity contribution >= 4 is 23.6 Å². The minimum Gasteiger partial charge on any atom is -0.457 e. The summed E-state index contributed by atoms with van der Waals surface area (Å²) < 4.78 is 11.3. The average Bonchev–Trinajstić information content (AvgIpc) is 3.20. The van der Waals surface area contributed by atoms with Crippen molar-refractivity contribution in [2.45, 2.75) is 13.5 Å². The summed E-state index contributed by atoms with van der Waals surface area (Å²) in [4.78, 5) is 33.0. The van der Waals surface area contributed by atoms with E-state index >= 15 is 0 Å². The molecule has 5 rings (SSSR count). The molecule has 3 amide bonds. The molecule has 0 unspecified atom stereocenters. The monoisotopic (exact) mass is 468 g/mol. The highest BCUT2D eigenvalue weighted by atomic mass is 16.5. The fourth-order valence-electron chi connectivity index (χ4n) is 3.85. The molecule has 3 aromatic rings. The van der Waals surface area contributed by atoms with Gasteiger partial charge in [0.1, 0.15) is 23.5 Å². The molecular weight excluding hydrogens is 444 g/mol. The van der Waals surface area contributed by atoms with E-state index in [1.165, 1.54) is 6.26 Å². The smallest absolute Gasteiger partial charge is 0.348 e. The van der Waals surface area contributed by atoms with Crippen LogP contribution in [0.2, 0.25) is 0 Å². The van der Waals surface area contributed by atoms with Crippen LogP contribution in [0.3, 0.4) is 0 Å². The second-order valence-corrected chi connectivity index (χ2v) is 8.19. The second-order valence-electron chi connectivity index (χ2n) is 8.19. The summed E-state index contributed by atoms with van der Waals surface area (Å²) in [6, 6.07) is 24.2. The lowest BCUT2D eigenvalue weighted by Gasteiger charge is -2.22. The van der Waals surface area contributed by atoms with Crippen molar-refractivity contribution < 1.29 is 19.1 Å². The Morgan fingerprint density at radius 3 is 2.46 bits per heavy atom. The van der Waals surface area contributed by atoms with Gasteiger partial charge in [0.25, 0.3) is 5.91 Å². The first-order valence-electron chi connectivity index (χ1n) is 11.3. The number of aliphatic imine (C=N–C) groups is 1. The van der Waals surface area contributed by atoms with Crippen molar-refractivity contribution in [2.75, 3.05) is 18.4 Å². The maximum Gasteiger partial charge on any atom is 0.348 e. The number of nitrogens with zero attached hydrogens (tertiary/aromatic N) is 3. The largest absolute Gasteiger partial charge is 0.457 e. The summed E-state index contributed by atoms with van der Waals surface area (Å²) in [6.45, 7) is 3.24. The SMILES string of the molecule is Cc1ccccc1CN1CCN2C(C(=O)Nc3ccc(Oc4ccccc4)cc3)=COC2=NC1=O. The van der Waals surface area contributed by atoms with Crippen LogP contribution in [0.25, 0.3) is 0 Å². The van der Waals surface area contributed by atoms with Gasteiger partial charge in [-0.15, -0.1) is 4.99 Å². The highest BCUT2D eigenvalue weighted by Crippen LogP contribution is 2.25. The van der Waals surface area contributed by atoms with Crippen LogP contribution in [0, 0.1) is 6.92 Å². The minimum atomic E-state index is -0.394. The van der Waals surface area contributed by atoms with Gasteiger partial charge in [0.2, 0.25) is 0 Å². The van der Waals surface area contributed by atoms with Gasteiger partial charge in [0, 0.05) is 25.3 Å².